The number of amides is 1. The number of hydrogen-bond donors (Lipinski definition) is 1. The van der Waals surface area contributed by atoms with Crippen molar-refractivity contribution in [2.24, 2.45) is 0 Å². The fraction of sp³-hybridized carbons (Fsp3) is 0.385. The molecule has 96 valence electrons. The Morgan fingerprint density at radius 2 is 2.11 bits per heavy atom. The zero-order valence-electron chi connectivity index (χ0n) is 10.5. The Morgan fingerprint density at radius 1 is 1.50 bits per heavy atom. The maximum Gasteiger partial charge on any atom is 0.238 e. The van der Waals surface area contributed by atoms with Crippen LogP contribution in [0.2, 0.25) is 0 Å². The normalized spacial score (nSPS) is 11.9. The lowest BCUT2D eigenvalue weighted by Crippen LogP contribution is -2.36. The second kappa shape index (κ2) is 6.72. The van der Waals surface area contributed by atoms with Crippen LogP contribution < -0.4 is 5.32 Å². The van der Waals surface area contributed by atoms with Gasteiger partial charge in [-0.2, -0.15) is 5.26 Å². The van der Waals surface area contributed by atoms with E-state index in [2.05, 4.69) is 11.4 Å². The minimum absolute atomic E-state index is 0.0222. The Morgan fingerprint density at radius 3 is 2.67 bits per heavy atom. The van der Waals surface area contributed by atoms with Gasteiger partial charge in [-0.25, -0.2) is 4.39 Å². The van der Waals surface area contributed by atoms with Crippen LogP contribution in [0, 0.1) is 17.1 Å². The molecule has 0 saturated heterocycles. The molecule has 0 aliphatic heterocycles. The number of nitriles is 1. The zero-order valence-corrected chi connectivity index (χ0v) is 10.5. The standard InChI is InChI=1S/C13H16FN3O/c1-10(7-8-15)17(2)9-13(18)16-12-5-3-11(14)4-6-12/h3-6,10H,7,9H2,1-2H3,(H,16,18). The number of nitrogens with zero attached hydrogens (tertiary/aromatic N) is 2. The molecule has 0 aliphatic rings. The van der Waals surface area contributed by atoms with E-state index in [1.54, 1.807) is 11.9 Å². The smallest absolute Gasteiger partial charge is 0.238 e. The van der Waals surface area contributed by atoms with Gasteiger partial charge in [0.1, 0.15) is 5.82 Å². The van der Waals surface area contributed by atoms with E-state index in [9.17, 15) is 9.18 Å². The van der Waals surface area contributed by atoms with Gasteiger partial charge in [-0.3, -0.25) is 9.69 Å². The third kappa shape index (κ3) is 4.52. The summed E-state index contributed by atoms with van der Waals surface area (Å²) >= 11 is 0. The molecule has 1 amide bonds. The number of halogens is 1. The van der Waals surface area contributed by atoms with Crippen LogP contribution in [0.4, 0.5) is 10.1 Å². The second-order valence-electron chi connectivity index (χ2n) is 4.18. The summed E-state index contributed by atoms with van der Waals surface area (Å²) in [5, 5.41) is 11.2. The van der Waals surface area contributed by atoms with Gasteiger partial charge in [-0.05, 0) is 38.2 Å². The van der Waals surface area contributed by atoms with Crippen molar-refractivity contribution in [3.63, 3.8) is 0 Å². The minimum atomic E-state index is -0.340. The predicted molar refractivity (Wildman–Crippen MR) is 67.4 cm³/mol. The monoisotopic (exact) mass is 249 g/mol. The predicted octanol–water partition coefficient (Wildman–Crippen LogP) is 2.00. The number of hydrogen-bond acceptors (Lipinski definition) is 3. The Labute approximate surface area is 106 Å². The third-order valence-electron chi connectivity index (χ3n) is 2.66. The SMILES string of the molecule is CC(CC#N)N(C)CC(=O)Nc1ccc(F)cc1. The lowest BCUT2D eigenvalue weighted by molar-refractivity contribution is -0.117. The number of anilines is 1. The van der Waals surface area contributed by atoms with Gasteiger partial charge in [0, 0.05) is 11.7 Å². The van der Waals surface area contributed by atoms with Crippen LogP contribution in [0.25, 0.3) is 0 Å². The van der Waals surface area contributed by atoms with Crippen molar-refractivity contribution in [2.45, 2.75) is 19.4 Å². The molecule has 0 heterocycles. The molecule has 0 aliphatic carbocycles. The second-order valence-corrected chi connectivity index (χ2v) is 4.18. The Bertz CT molecular complexity index is 439. The van der Waals surface area contributed by atoms with Gasteiger partial charge >= 0.3 is 0 Å². The summed E-state index contributed by atoms with van der Waals surface area (Å²) in [6, 6.07) is 7.68. The highest BCUT2D eigenvalue weighted by Crippen LogP contribution is 2.08. The first-order chi connectivity index (χ1) is 8.52. The van der Waals surface area contributed by atoms with Crippen LogP contribution in [0.5, 0.6) is 0 Å². The fourth-order valence-electron chi connectivity index (χ4n) is 1.40. The highest BCUT2D eigenvalue weighted by Gasteiger charge is 2.12. The van der Waals surface area contributed by atoms with Crippen LogP contribution >= 0.6 is 0 Å². The Hall–Kier alpha value is -1.93. The quantitative estimate of drug-likeness (QED) is 0.868. The number of carbonyl (C=O) groups is 1. The van der Waals surface area contributed by atoms with Gasteiger partial charge in [-0.1, -0.05) is 0 Å². The van der Waals surface area contributed by atoms with E-state index in [1.807, 2.05) is 6.92 Å². The molecule has 1 rings (SSSR count). The van der Waals surface area contributed by atoms with Crippen LogP contribution in [0.1, 0.15) is 13.3 Å². The summed E-state index contributed by atoms with van der Waals surface area (Å²) in [7, 11) is 1.78. The van der Waals surface area contributed by atoms with E-state index in [0.717, 1.165) is 0 Å². The number of benzene rings is 1. The molecule has 1 atom stereocenters. The van der Waals surface area contributed by atoms with E-state index >= 15 is 0 Å². The highest BCUT2D eigenvalue weighted by molar-refractivity contribution is 5.92. The van der Waals surface area contributed by atoms with Crippen molar-refractivity contribution in [3.8, 4) is 6.07 Å². The number of carbonyl (C=O) groups excluding carboxylic acids is 1. The van der Waals surface area contributed by atoms with Gasteiger partial charge in [0.2, 0.25) is 5.91 Å². The van der Waals surface area contributed by atoms with Crippen molar-refractivity contribution in [2.75, 3.05) is 18.9 Å². The van der Waals surface area contributed by atoms with Gasteiger partial charge in [0.05, 0.1) is 19.0 Å². The van der Waals surface area contributed by atoms with Crippen molar-refractivity contribution < 1.29 is 9.18 Å². The zero-order chi connectivity index (χ0) is 13.5. The number of nitrogens with one attached hydrogen (secondary N) is 1. The molecule has 0 radical (unpaired) electrons. The average molecular weight is 249 g/mol. The minimum Gasteiger partial charge on any atom is -0.325 e. The van der Waals surface area contributed by atoms with Crippen LogP contribution in [-0.4, -0.2) is 30.4 Å². The first kappa shape index (κ1) is 14.1. The molecule has 1 aromatic carbocycles. The fourth-order valence-corrected chi connectivity index (χ4v) is 1.40. The van der Waals surface area contributed by atoms with E-state index in [-0.39, 0.29) is 24.3 Å². The van der Waals surface area contributed by atoms with Crippen LogP contribution in [0.3, 0.4) is 0 Å². The summed E-state index contributed by atoms with van der Waals surface area (Å²) in [5.74, 6) is -0.526. The van der Waals surface area contributed by atoms with Gasteiger partial charge in [-0.15, -0.1) is 0 Å². The molecule has 0 bridgehead atoms. The van der Waals surface area contributed by atoms with Crippen LogP contribution in [-0.2, 0) is 4.79 Å². The molecule has 0 fully saturated rings. The van der Waals surface area contributed by atoms with Crippen molar-refractivity contribution in [1.82, 2.24) is 4.90 Å². The van der Waals surface area contributed by atoms with Crippen molar-refractivity contribution in [1.29, 1.82) is 5.26 Å². The molecule has 4 nitrogen and oxygen atoms in total. The van der Waals surface area contributed by atoms with Crippen LogP contribution in [0.15, 0.2) is 24.3 Å². The van der Waals surface area contributed by atoms with Crippen molar-refractivity contribution in [3.05, 3.63) is 30.1 Å². The van der Waals surface area contributed by atoms with Gasteiger partial charge in [0.15, 0.2) is 0 Å². The molecular formula is C13H16FN3O. The summed E-state index contributed by atoms with van der Waals surface area (Å²) in [4.78, 5) is 13.5. The maximum atomic E-state index is 12.7. The lowest BCUT2D eigenvalue weighted by atomic mass is 10.2. The number of rotatable bonds is 5. The molecule has 1 N–H and O–H groups in total. The summed E-state index contributed by atoms with van der Waals surface area (Å²) < 4.78 is 12.7. The van der Waals surface area contributed by atoms with Gasteiger partial charge < -0.3 is 5.32 Å². The maximum absolute atomic E-state index is 12.7. The first-order valence-corrected chi connectivity index (χ1v) is 5.65. The molecule has 0 saturated carbocycles. The molecule has 0 aromatic heterocycles. The number of likely N-dealkylation sites (N-methyl/N-ethyl adjacent to an activating group) is 1. The lowest BCUT2D eigenvalue weighted by Gasteiger charge is -2.21. The molecule has 1 aromatic rings. The largest absolute Gasteiger partial charge is 0.325 e. The van der Waals surface area contributed by atoms with Crippen molar-refractivity contribution >= 4 is 11.6 Å². The first-order valence-electron chi connectivity index (χ1n) is 5.65. The summed E-state index contributed by atoms with van der Waals surface area (Å²) in [6.07, 6.45) is 0.375. The highest BCUT2D eigenvalue weighted by atomic mass is 19.1. The Kier molecular flexibility index (Phi) is 5.28. The summed E-state index contributed by atoms with van der Waals surface area (Å²) in [6.45, 7) is 2.08. The molecule has 1 unspecified atom stereocenters. The van der Waals surface area contributed by atoms with E-state index in [4.69, 9.17) is 5.26 Å². The molecule has 5 heteroatoms. The molecule has 0 spiro atoms. The topological polar surface area (TPSA) is 56.1 Å². The third-order valence-corrected chi connectivity index (χ3v) is 2.66. The molecular weight excluding hydrogens is 233 g/mol. The Balaban J connectivity index is 2.47. The van der Waals surface area contributed by atoms with E-state index in [0.29, 0.717) is 12.1 Å². The molecule has 18 heavy (non-hydrogen) atoms. The average Bonchev–Trinajstić information content (AvgIpc) is 2.32. The summed E-state index contributed by atoms with van der Waals surface area (Å²) in [5.41, 5.74) is 0.558. The van der Waals surface area contributed by atoms with Gasteiger partial charge in [0.25, 0.3) is 0 Å². The van der Waals surface area contributed by atoms with E-state index < -0.39 is 0 Å². The van der Waals surface area contributed by atoms with E-state index in [1.165, 1.54) is 24.3 Å².